The van der Waals surface area contributed by atoms with Crippen LogP contribution in [0.25, 0.3) is 5.32 Å². The van der Waals surface area contributed by atoms with Gasteiger partial charge in [0.25, 0.3) is 0 Å². The maximum atomic E-state index is 5.08. The molecule has 3 rings (SSSR count). The van der Waals surface area contributed by atoms with E-state index in [4.69, 9.17) is 10.3 Å². The van der Waals surface area contributed by atoms with Gasteiger partial charge in [-0.2, -0.15) is 11.1 Å². The van der Waals surface area contributed by atoms with Gasteiger partial charge in [-0.05, 0) is 41.7 Å². The molecule has 0 spiro atoms. The van der Waals surface area contributed by atoms with Crippen molar-refractivity contribution < 1.29 is 16.5 Å². The summed E-state index contributed by atoms with van der Waals surface area (Å²) < 4.78 is 0. The van der Waals surface area contributed by atoms with Crippen molar-refractivity contribution in [2.45, 2.75) is 192 Å². The molecule has 3 aromatic rings. The monoisotopic (exact) mass is 816 g/mol. The van der Waals surface area contributed by atoms with Gasteiger partial charge in [-0.15, -0.1) is 5.69 Å². The van der Waals surface area contributed by atoms with Crippen molar-refractivity contribution >= 4 is 29.0 Å². The van der Waals surface area contributed by atoms with Crippen LogP contribution < -0.4 is 5.30 Å². The van der Waals surface area contributed by atoms with Crippen molar-refractivity contribution in [2.24, 2.45) is 10.4 Å². The first kappa shape index (κ1) is 51.8. The van der Waals surface area contributed by atoms with Crippen LogP contribution in [0.5, 0.6) is 0 Å². The minimum atomic E-state index is 0.184. The normalized spacial score (nSPS) is 13.3. The third-order valence-corrected chi connectivity index (χ3v) is 11.0. The van der Waals surface area contributed by atoms with E-state index in [2.05, 4.69) is 230 Å². The van der Waals surface area contributed by atoms with Gasteiger partial charge in [0, 0.05) is 5.71 Å². The zero-order chi connectivity index (χ0) is 43.7. The molecule has 0 amide bonds. The summed E-state index contributed by atoms with van der Waals surface area (Å²) in [6.07, 6.45) is 2.11. The van der Waals surface area contributed by atoms with E-state index < -0.39 is 0 Å². The van der Waals surface area contributed by atoms with Crippen LogP contribution in [0.2, 0.25) is 0 Å². The van der Waals surface area contributed by atoms with Crippen LogP contribution in [-0.4, -0.2) is 5.71 Å². The average molecular weight is 816 g/mol. The molecular formula is C52H81N2PV. The van der Waals surface area contributed by atoms with E-state index in [1.807, 2.05) is 0 Å². The Labute approximate surface area is 357 Å². The second-order valence-electron chi connectivity index (χ2n) is 21.2. The first-order valence-electron chi connectivity index (χ1n) is 20.9. The Balaban J connectivity index is 0.000000536. The van der Waals surface area contributed by atoms with E-state index >= 15 is 0 Å². The summed E-state index contributed by atoms with van der Waals surface area (Å²) in [5.41, 5.74) is 14.7. The predicted octanol–water partition coefficient (Wildman–Crippen LogP) is 17.4. The zero-order valence-corrected chi connectivity index (χ0v) is 42.3. The predicted molar refractivity (Wildman–Crippen MR) is 253 cm³/mol. The van der Waals surface area contributed by atoms with Crippen LogP contribution in [0.3, 0.4) is 0 Å². The molecule has 0 radical (unpaired) electrons. The molecule has 0 bridgehead atoms. The maximum absolute atomic E-state index is 5.08. The van der Waals surface area contributed by atoms with Gasteiger partial charge in [0.05, 0.1) is 5.69 Å². The van der Waals surface area contributed by atoms with E-state index in [0.717, 1.165) is 22.8 Å². The number of para-hydroxylation sites is 2. The van der Waals surface area contributed by atoms with Crippen LogP contribution in [0.1, 0.15) is 215 Å². The third kappa shape index (κ3) is 16.5. The summed E-state index contributed by atoms with van der Waals surface area (Å²) in [6, 6.07) is 18.0. The van der Waals surface area contributed by atoms with Gasteiger partial charge in [0.15, 0.2) is 0 Å². The minimum absolute atomic E-state index is 0.184. The Morgan fingerprint density at radius 3 is 1.25 bits per heavy atom. The Morgan fingerprint density at radius 2 is 0.964 bits per heavy atom. The van der Waals surface area contributed by atoms with Gasteiger partial charge in [-0.3, -0.25) is 4.99 Å². The fraction of sp³-hybridized carbons (Fsp3) is 0.577. The molecular weight excluding hydrogens is 735 g/mol. The van der Waals surface area contributed by atoms with Crippen LogP contribution in [0.15, 0.2) is 65.3 Å². The molecule has 0 aliphatic heterocycles. The number of benzene rings is 3. The summed E-state index contributed by atoms with van der Waals surface area (Å²) in [5, 5.41) is 6.58. The molecule has 0 aliphatic rings. The molecule has 0 saturated heterocycles. The van der Waals surface area contributed by atoms with Crippen molar-refractivity contribution in [1.82, 2.24) is 0 Å². The molecule has 0 aromatic heterocycles. The molecule has 3 aromatic carbocycles. The van der Waals surface area contributed by atoms with Crippen LogP contribution >= 0.6 is 6.60 Å². The number of hydrogen-bond donors (Lipinski definition) is 0. The van der Waals surface area contributed by atoms with E-state index in [9.17, 15) is 0 Å². The van der Waals surface area contributed by atoms with Crippen molar-refractivity contribution in [1.29, 1.82) is 0 Å². The van der Waals surface area contributed by atoms with Crippen LogP contribution in [0, 0.1) is 12.3 Å². The molecule has 0 unspecified atom stereocenters. The Bertz CT molecular complexity index is 1700. The molecule has 0 aliphatic carbocycles. The van der Waals surface area contributed by atoms with Gasteiger partial charge >= 0.3 is 136 Å². The van der Waals surface area contributed by atoms with Gasteiger partial charge in [0.2, 0.25) is 0 Å². The molecule has 309 valence electrons. The van der Waals surface area contributed by atoms with E-state index in [1.54, 1.807) is 0 Å². The Morgan fingerprint density at radius 1 is 0.625 bits per heavy atom. The largest absolute Gasteiger partial charge is 0.338 e. The summed E-state index contributed by atoms with van der Waals surface area (Å²) in [7, 11) is 0. The first-order valence-corrected chi connectivity index (χ1v) is 23.6. The Kier molecular flexibility index (Phi) is 19.5. The SMILES string of the molecule is CC(/C=C(/C)[N-]c1c(C(C)C)cccc1C(C)C)=Nc1c(C(C)C)cccc1C(C)C.CC(C)(C)c1cc(C(C)(C)C)c([P]=[V+2])c(C(C)(C)C)c1.[CH2-]C(C)(C)C. The summed E-state index contributed by atoms with van der Waals surface area (Å²) in [5.74, 6) is 1.75. The second-order valence-corrected chi connectivity index (χ2v) is 22.8. The molecule has 0 N–H and O–H groups in total. The number of nitrogens with zero attached hydrogens (tertiary/aromatic N) is 2. The summed E-state index contributed by atoms with van der Waals surface area (Å²) in [6.45, 7) is 54.2. The average Bonchev–Trinajstić information content (AvgIpc) is 3.01. The van der Waals surface area contributed by atoms with E-state index in [-0.39, 0.29) is 21.7 Å². The molecule has 0 atom stereocenters. The molecule has 56 heavy (non-hydrogen) atoms. The molecule has 2 nitrogen and oxygen atoms in total. The van der Waals surface area contributed by atoms with Crippen molar-refractivity contribution in [2.75, 3.05) is 0 Å². The fourth-order valence-electron chi connectivity index (χ4n) is 6.32. The molecule has 0 saturated carbocycles. The second kappa shape index (κ2) is 21.1. The van der Waals surface area contributed by atoms with Gasteiger partial charge in [-0.1, -0.05) is 137 Å². The van der Waals surface area contributed by atoms with Gasteiger partial charge in [0.1, 0.15) is 0 Å². The molecule has 0 heterocycles. The number of hydrogen-bond acceptors (Lipinski definition) is 1. The van der Waals surface area contributed by atoms with Crippen molar-refractivity contribution in [3.8, 4) is 0 Å². The topological polar surface area (TPSA) is 26.5 Å². The maximum Gasteiger partial charge on any atom is -0.0878 e. The minimum Gasteiger partial charge on any atom is -0.338 e. The zero-order valence-electron chi connectivity index (χ0n) is 40.0. The fourth-order valence-corrected chi connectivity index (χ4v) is 8.34. The first-order chi connectivity index (χ1) is 25.3. The smallest absolute Gasteiger partial charge is 0.0878 e. The van der Waals surface area contributed by atoms with Crippen molar-refractivity contribution in [3.63, 3.8) is 0 Å². The third-order valence-electron chi connectivity index (χ3n) is 9.37. The summed E-state index contributed by atoms with van der Waals surface area (Å²) in [4.78, 5) is 5.08. The quantitative estimate of drug-likeness (QED) is 0.117. The molecule has 4 heteroatoms. The summed E-state index contributed by atoms with van der Waals surface area (Å²) >= 11 is 2.74. The van der Waals surface area contributed by atoms with Crippen molar-refractivity contribution in [3.05, 3.63) is 111 Å². The van der Waals surface area contributed by atoms with E-state index in [0.29, 0.717) is 23.7 Å². The van der Waals surface area contributed by atoms with Crippen LogP contribution in [-0.2, 0) is 32.7 Å². The van der Waals surface area contributed by atoms with Gasteiger partial charge in [-0.25, -0.2) is 0 Å². The van der Waals surface area contributed by atoms with E-state index in [1.165, 1.54) is 50.8 Å². The number of rotatable bonds is 9. The molecule has 0 fully saturated rings. The standard InChI is InChI=1S/C29H41N2.C18H29P.C5H11.V/c1-18(2)24-13-11-14-25(19(3)4)28(24)30-22(9)17-23(10)31-29-26(20(5)6)15-12-16-27(29)21(7)8;1-16(2,3)12-10-13(17(4,5)6)15(19)14(11-12)18(7,8)9;1-5(2,3)4;/h11-21H,1-10H3;10-11H,1-9H3;1H2,2-4H3;/q-1;;-1;+2/b22-17-,31-23?;;;. The van der Waals surface area contributed by atoms with Crippen LogP contribution in [0.4, 0.5) is 11.4 Å². The number of allylic oxidation sites excluding steroid dienone is 2. The number of aliphatic imine (C=N–C) groups is 1. The Hall–Kier alpha value is -2.25. The van der Waals surface area contributed by atoms with Gasteiger partial charge < -0.3 is 12.2 Å².